The molecule has 0 heterocycles. The van der Waals surface area contributed by atoms with Gasteiger partial charge in [0.2, 0.25) is 0 Å². The first-order chi connectivity index (χ1) is 12.5. The molecular weight excluding hydrogens is 318 g/mol. The average Bonchev–Trinajstić information content (AvgIpc) is 2.61. The van der Waals surface area contributed by atoms with Gasteiger partial charge in [0.15, 0.2) is 0 Å². The SMILES string of the molecule is Cc1cc(C)cc(COC(C)(N)C(c2ccccc2)c2ccccc2)c1. The molecule has 3 aromatic rings. The number of ether oxygens (including phenoxy) is 1. The van der Waals surface area contributed by atoms with Gasteiger partial charge in [0, 0.05) is 0 Å². The minimum Gasteiger partial charge on any atom is -0.355 e. The molecule has 1 atom stereocenters. The van der Waals surface area contributed by atoms with Crippen LogP contribution >= 0.6 is 0 Å². The maximum absolute atomic E-state index is 6.73. The molecule has 2 heteroatoms. The van der Waals surface area contributed by atoms with Gasteiger partial charge in [0.25, 0.3) is 0 Å². The molecule has 2 N–H and O–H groups in total. The second-order valence-electron chi connectivity index (χ2n) is 7.22. The van der Waals surface area contributed by atoms with E-state index in [-0.39, 0.29) is 5.92 Å². The summed E-state index contributed by atoms with van der Waals surface area (Å²) in [6, 6.07) is 27.2. The van der Waals surface area contributed by atoms with E-state index >= 15 is 0 Å². The lowest BCUT2D eigenvalue weighted by atomic mass is 9.83. The summed E-state index contributed by atoms with van der Waals surface area (Å²) < 4.78 is 6.27. The fourth-order valence-electron chi connectivity index (χ4n) is 3.62. The van der Waals surface area contributed by atoms with E-state index in [1.54, 1.807) is 0 Å². The second-order valence-corrected chi connectivity index (χ2v) is 7.22. The minimum atomic E-state index is -0.833. The van der Waals surface area contributed by atoms with Crippen molar-refractivity contribution in [3.8, 4) is 0 Å². The third-order valence-electron chi connectivity index (χ3n) is 4.67. The lowest BCUT2D eigenvalue weighted by molar-refractivity contribution is -0.0501. The minimum absolute atomic E-state index is 0.0455. The summed E-state index contributed by atoms with van der Waals surface area (Å²) in [5.41, 5.74) is 11.8. The van der Waals surface area contributed by atoms with Gasteiger partial charge >= 0.3 is 0 Å². The standard InChI is InChI=1S/C24H27NO/c1-18-14-19(2)16-20(15-18)17-26-24(3,25)23(21-10-6-4-7-11-21)22-12-8-5-9-13-22/h4-16,23H,17,25H2,1-3H3. The monoisotopic (exact) mass is 345 g/mol. The van der Waals surface area contributed by atoms with Crippen LogP contribution in [0.15, 0.2) is 78.9 Å². The molecular formula is C24H27NO. The van der Waals surface area contributed by atoms with Crippen molar-refractivity contribution in [1.29, 1.82) is 0 Å². The first kappa shape index (κ1) is 18.4. The van der Waals surface area contributed by atoms with Crippen molar-refractivity contribution in [2.45, 2.75) is 39.0 Å². The summed E-state index contributed by atoms with van der Waals surface area (Å²) >= 11 is 0. The van der Waals surface area contributed by atoms with Crippen LogP contribution in [0.3, 0.4) is 0 Å². The molecule has 0 amide bonds. The van der Waals surface area contributed by atoms with Gasteiger partial charge < -0.3 is 10.5 Å². The summed E-state index contributed by atoms with van der Waals surface area (Å²) in [5.74, 6) is -0.0455. The highest BCUT2D eigenvalue weighted by atomic mass is 16.5. The largest absolute Gasteiger partial charge is 0.355 e. The Morgan fingerprint density at radius 3 is 1.73 bits per heavy atom. The number of nitrogens with two attached hydrogens (primary N) is 1. The van der Waals surface area contributed by atoms with E-state index in [2.05, 4.69) is 56.3 Å². The molecule has 0 fully saturated rings. The number of benzene rings is 3. The van der Waals surface area contributed by atoms with Crippen LogP contribution in [0, 0.1) is 13.8 Å². The van der Waals surface area contributed by atoms with Crippen LogP contribution in [-0.4, -0.2) is 5.72 Å². The van der Waals surface area contributed by atoms with Crippen molar-refractivity contribution < 1.29 is 4.74 Å². The molecule has 0 saturated carbocycles. The van der Waals surface area contributed by atoms with Crippen molar-refractivity contribution >= 4 is 0 Å². The Labute approximate surface area is 156 Å². The van der Waals surface area contributed by atoms with Crippen molar-refractivity contribution in [2.24, 2.45) is 5.73 Å². The smallest absolute Gasteiger partial charge is 0.125 e. The van der Waals surface area contributed by atoms with E-state index in [0.29, 0.717) is 6.61 Å². The van der Waals surface area contributed by atoms with Crippen molar-refractivity contribution in [3.05, 3.63) is 107 Å². The fraction of sp³-hybridized carbons (Fsp3) is 0.250. The zero-order chi connectivity index (χ0) is 18.6. The highest BCUT2D eigenvalue weighted by Gasteiger charge is 2.33. The summed E-state index contributed by atoms with van der Waals surface area (Å²) in [6.07, 6.45) is 0. The van der Waals surface area contributed by atoms with Crippen LogP contribution in [0.5, 0.6) is 0 Å². The molecule has 1 unspecified atom stereocenters. The van der Waals surface area contributed by atoms with Gasteiger partial charge in [0.1, 0.15) is 5.72 Å². The maximum atomic E-state index is 6.73. The normalized spacial score (nSPS) is 13.6. The molecule has 0 aromatic heterocycles. The third-order valence-corrected chi connectivity index (χ3v) is 4.67. The van der Waals surface area contributed by atoms with Gasteiger partial charge in [-0.25, -0.2) is 0 Å². The van der Waals surface area contributed by atoms with E-state index in [0.717, 1.165) is 16.7 Å². The molecule has 26 heavy (non-hydrogen) atoms. The molecule has 0 aliphatic carbocycles. The summed E-state index contributed by atoms with van der Waals surface area (Å²) in [7, 11) is 0. The Hall–Kier alpha value is -2.42. The highest BCUT2D eigenvalue weighted by Crippen LogP contribution is 2.34. The first-order valence-corrected chi connectivity index (χ1v) is 9.05. The first-order valence-electron chi connectivity index (χ1n) is 9.05. The fourth-order valence-corrected chi connectivity index (χ4v) is 3.62. The van der Waals surface area contributed by atoms with Crippen LogP contribution in [0.4, 0.5) is 0 Å². The van der Waals surface area contributed by atoms with Crippen molar-refractivity contribution in [1.82, 2.24) is 0 Å². The van der Waals surface area contributed by atoms with Crippen LogP contribution in [0.1, 0.15) is 40.7 Å². The third kappa shape index (κ3) is 4.40. The summed E-state index contributed by atoms with van der Waals surface area (Å²) in [6.45, 7) is 6.68. The molecule has 3 aromatic carbocycles. The maximum Gasteiger partial charge on any atom is 0.125 e. The van der Waals surface area contributed by atoms with Gasteiger partial charge in [-0.15, -0.1) is 0 Å². The number of hydrogen-bond donors (Lipinski definition) is 1. The van der Waals surface area contributed by atoms with E-state index in [1.165, 1.54) is 11.1 Å². The number of rotatable bonds is 6. The summed E-state index contributed by atoms with van der Waals surface area (Å²) in [5, 5.41) is 0. The molecule has 0 saturated heterocycles. The quantitative estimate of drug-likeness (QED) is 0.613. The summed E-state index contributed by atoms with van der Waals surface area (Å²) in [4.78, 5) is 0. The molecule has 0 spiro atoms. The van der Waals surface area contributed by atoms with Crippen LogP contribution in [-0.2, 0) is 11.3 Å². The van der Waals surface area contributed by atoms with Crippen LogP contribution in [0.2, 0.25) is 0 Å². The van der Waals surface area contributed by atoms with Gasteiger partial charge in [-0.3, -0.25) is 0 Å². The van der Waals surface area contributed by atoms with Gasteiger partial charge in [0.05, 0.1) is 12.5 Å². The molecule has 3 rings (SSSR count). The van der Waals surface area contributed by atoms with Crippen molar-refractivity contribution in [2.75, 3.05) is 0 Å². The molecule has 0 aliphatic heterocycles. The Kier molecular flexibility index (Phi) is 5.55. The topological polar surface area (TPSA) is 35.2 Å². The van der Waals surface area contributed by atoms with Crippen LogP contribution < -0.4 is 5.73 Å². The molecule has 0 radical (unpaired) electrons. The second kappa shape index (κ2) is 7.86. The van der Waals surface area contributed by atoms with Crippen molar-refractivity contribution in [3.63, 3.8) is 0 Å². The van der Waals surface area contributed by atoms with Gasteiger partial charge in [-0.1, -0.05) is 90.0 Å². The van der Waals surface area contributed by atoms with E-state index in [1.807, 2.05) is 43.3 Å². The van der Waals surface area contributed by atoms with E-state index < -0.39 is 5.72 Å². The Morgan fingerprint density at radius 1 is 0.808 bits per heavy atom. The predicted octanol–water partition coefficient (Wildman–Crippen LogP) is 5.33. The number of hydrogen-bond acceptors (Lipinski definition) is 2. The predicted molar refractivity (Wildman–Crippen MR) is 108 cm³/mol. The van der Waals surface area contributed by atoms with Gasteiger partial charge in [-0.2, -0.15) is 0 Å². The number of aryl methyl sites for hydroxylation is 2. The van der Waals surface area contributed by atoms with E-state index in [9.17, 15) is 0 Å². The lowest BCUT2D eigenvalue weighted by Gasteiger charge is -2.35. The van der Waals surface area contributed by atoms with E-state index in [4.69, 9.17) is 10.5 Å². The van der Waals surface area contributed by atoms with Gasteiger partial charge in [-0.05, 0) is 37.5 Å². The Bertz CT molecular complexity index is 781. The average molecular weight is 345 g/mol. The molecule has 134 valence electrons. The Balaban J connectivity index is 1.89. The zero-order valence-corrected chi connectivity index (χ0v) is 15.8. The molecule has 2 nitrogen and oxygen atoms in total. The molecule has 0 aliphatic rings. The lowest BCUT2D eigenvalue weighted by Crippen LogP contribution is -2.45. The Morgan fingerprint density at radius 2 is 1.27 bits per heavy atom. The zero-order valence-electron chi connectivity index (χ0n) is 15.8. The molecule has 0 bridgehead atoms. The highest BCUT2D eigenvalue weighted by molar-refractivity contribution is 5.35. The van der Waals surface area contributed by atoms with Crippen LogP contribution in [0.25, 0.3) is 0 Å².